The van der Waals surface area contributed by atoms with Crippen molar-refractivity contribution in [2.24, 2.45) is 5.92 Å². The Morgan fingerprint density at radius 2 is 1.64 bits per heavy atom. The number of benzene rings is 2. The number of methoxy groups -OCH3 is 1. The number of carbonyl (C=O) groups is 3. The lowest BCUT2D eigenvalue weighted by atomic mass is 10.2. The van der Waals surface area contributed by atoms with Crippen molar-refractivity contribution in [2.75, 3.05) is 68.5 Å². The van der Waals surface area contributed by atoms with E-state index in [0.29, 0.717) is 45.0 Å². The molecule has 0 spiro atoms. The summed E-state index contributed by atoms with van der Waals surface area (Å²) < 4.78 is 43.8. The molecule has 12 heteroatoms. The molecule has 0 radical (unpaired) electrons. The van der Waals surface area contributed by atoms with Crippen LogP contribution in [0.1, 0.15) is 19.4 Å². The Hall–Kier alpha value is -3.80. The minimum atomic E-state index is -4.48. The molecular weight excluding hydrogens is 515 g/mol. The van der Waals surface area contributed by atoms with Gasteiger partial charge in [0.05, 0.1) is 18.7 Å². The van der Waals surface area contributed by atoms with Crippen molar-refractivity contribution in [3.63, 3.8) is 0 Å². The van der Waals surface area contributed by atoms with Gasteiger partial charge in [0, 0.05) is 62.8 Å². The number of alkyl halides is 3. The molecule has 4 amide bonds. The van der Waals surface area contributed by atoms with E-state index in [1.807, 2.05) is 12.1 Å². The van der Waals surface area contributed by atoms with Gasteiger partial charge in [-0.1, -0.05) is 19.9 Å². The third kappa shape index (κ3) is 8.60. The second kappa shape index (κ2) is 13.3. The van der Waals surface area contributed by atoms with E-state index in [4.69, 9.17) is 4.74 Å². The number of rotatable bonds is 9. The Kier molecular flexibility index (Phi) is 10.2. The molecule has 0 unspecified atom stereocenters. The molecule has 3 rings (SSSR count). The largest absolute Gasteiger partial charge is 0.416 e. The minimum Gasteiger partial charge on any atom is -0.383 e. The van der Waals surface area contributed by atoms with Crippen LogP contribution in [-0.4, -0.2) is 80.6 Å². The zero-order chi connectivity index (χ0) is 28.6. The number of hydrogen-bond acceptors (Lipinski definition) is 5. The number of anilines is 3. The molecule has 1 aliphatic heterocycles. The summed E-state index contributed by atoms with van der Waals surface area (Å²) in [5.41, 5.74) is 0.761. The number of carbonyl (C=O) groups excluding carboxylic acids is 3. The highest BCUT2D eigenvalue weighted by atomic mass is 19.4. The van der Waals surface area contributed by atoms with E-state index in [9.17, 15) is 27.6 Å². The third-order valence-electron chi connectivity index (χ3n) is 6.23. The van der Waals surface area contributed by atoms with E-state index < -0.39 is 17.8 Å². The van der Waals surface area contributed by atoms with Crippen LogP contribution >= 0.6 is 0 Å². The topological polar surface area (TPSA) is 94.2 Å². The van der Waals surface area contributed by atoms with Crippen molar-refractivity contribution in [3.05, 3.63) is 54.1 Å². The van der Waals surface area contributed by atoms with Crippen molar-refractivity contribution in [2.45, 2.75) is 20.0 Å². The maximum atomic E-state index is 12.9. The van der Waals surface area contributed by atoms with Gasteiger partial charge >= 0.3 is 12.2 Å². The van der Waals surface area contributed by atoms with Crippen LogP contribution in [0.25, 0.3) is 0 Å². The number of nitrogens with one attached hydrogen (secondary N) is 2. The molecule has 0 aromatic heterocycles. The standard InChI is InChI=1S/C27H34F3N5O4/c1-19(2)25(37)35(15-16-39-3)18-24(36)31-21-7-9-23(10-8-21)33-11-13-34(14-12-33)26(38)32-22-6-4-5-20(17-22)27(28,29)30/h4-10,17,19H,11-16,18H2,1-3H3,(H,31,36)(H,32,38). The van der Waals surface area contributed by atoms with Crippen LogP contribution < -0.4 is 15.5 Å². The van der Waals surface area contributed by atoms with Gasteiger partial charge in [0.2, 0.25) is 11.8 Å². The van der Waals surface area contributed by atoms with Crippen LogP contribution in [0.4, 0.5) is 35.0 Å². The molecule has 0 atom stereocenters. The fourth-order valence-corrected chi connectivity index (χ4v) is 4.11. The monoisotopic (exact) mass is 549 g/mol. The fourth-order valence-electron chi connectivity index (χ4n) is 4.11. The number of nitrogens with zero attached hydrogens (tertiary/aromatic N) is 3. The molecule has 2 aromatic rings. The van der Waals surface area contributed by atoms with Crippen LogP contribution in [0.2, 0.25) is 0 Å². The summed E-state index contributed by atoms with van der Waals surface area (Å²) in [7, 11) is 1.54. The van der Waals surface area contributed by atoms with Crippen LogP contribution in [0.5, 0.6) is 0 Å². The molecule has 0 aliphatic carbocycles. The maximum Gasteiger partial charge on any atom is 0.416 e. The lowest BCUT2D eigenvalue weighted by molar-refractivity contribution is -0.138. The van der Waals surface area contributed by atoms with E-state index in [2.05, 4.69) is 15.5 Å². The lowest BCUT2D eigenvalue weighted by Crippen LogP contribution is -2.50. The first kappa shape index (κ1) is 29.8. The van der Waals surface area contributed by atoms with Gasteiger partial charge in [0.1, 0.15) is 0 Å². The lowest BCUT2D eigenvalue weighted by Gasteiger charge is -2.36. The zero-order valence-electron chi connectivity index (χ0n) is 22.3. The van der Waals surface area contributed by atoms with E-state index in [-0.39, 0.29) is 30.0 Å². The van der Waals surface area contributed by atoms with Gasteiger partial charge in [-0.25, -0.2) is 4.79 Å². The summed E-state index contributed by atoms with van der Waals surface area (Å²) in [5.74, 6) is -0.672. The number of hydrogen-bond donors (Lipinski definition) is 2. The molecule has 2 aromatic carbocycles. The average Bonchev–Trinajstić information content (AvgIpc) is 2.90. The highest BCUT2D eigenvalue weighted by molar-refractivity contribution is 5.95. The number of halogens is 3. The van der Waals surface area contributed by atoms with Crippen LogP contribution in [-0.2, 0) is 20.5 Å². The van der Waals surface area contributed by atoms with Crippen molar-refractivity contribution in [3.8, 4) is 0 Å². The van der Waals surface area contributed by atoms with Crippen LogP contribution in [0, 0.1) is 5.92 Å². The van der Waals surface area contributed by atoms with Crippen LogP contribution in [0.15, 0.2) is 48.5 Å². The maximum absolute atomic E-state index is 12.9. The van der Waals surface area contributed by atoms with Crippen molar-refractivity contribution >= 4 is 34.9 Å². The van der Waals surface area contributed by atoms with Gasteiger partial charge in [-0.15, -0.1) is 0 Å². The molecule has 1 aliphatic rings. The molecule has 0 saturated carbocycles. The second-order valence-electron chi connectivity index (χ2n) is 9.49. The first-order chi connectivity index (χ1) is 18.5. The van der Waals surface area contributed by atoms with Crippen molar-refractivity contribution < 1.29 is 32.3 Å². The molecule has 1 saturated heterocycles. The molecule has 1 heterocycles. The molecule has 9 nitrogen and oxygen atoms in total. The predicted molar refractivity (Wildman–Crippen MR) is 143 cm³/mol. The van der Waals surface area contributed by atoms with Gasteiger partial charge in [-0.05, 0) is 42.5 Å². The number of ether oxygens (including phenoxy) is 1. The molecular formula is C27H34F3N5O4. The average molecular weight is 550 g/mol. The fraction of sp³-hybridized carbons (Fsp3) is 0.444. The Morgan fingerprint density at radius 1 is 0.974 bits per heavy atom. The summed E-state index contributed by atoms with van der Waals surface area (Å²) in [6.45, 7) is 6.00. The smallest absolute Gasteiger partial charge is 0.383 e. The predicted octanol–water partition coefficient (Wildman–Crippen LogP) is 4.13. The van der Waals surface area contributed by atoms with Crippen molar-refractivity contribution in [1.82, 2.24) is 9.80 Å². The minimum absolute atomic E-state index is 0.0767. The summed E-state index contributed by atoms with van der Waals surface area (Å²) in [5, 5.41) is 5.35. The Balaban J connectivity index is 1.50. The summed E-state index contributed by atoms with van der Waals surface area (Å²) in [6.07, 6.45) is -4.48. The van der Waals surface area contributed by atoms with Crippen LogP contribution in [0.3, 0.4) is 0 Å². The third-order valence-corrected chi connectivity index (χ3v) is 6.23. The molecule has 0 bridgehead atoms. The Bertz CT molecular complexity index is 1130. The SMILES string of the molecule is COCCN(CC(=O)Nc1ccc(N2CCN(C(=O)Nc3cccc(C(F)(F)F)c3)CC2)cc1)C(=O)C(C)C. The Labute approximate surface area is 225 Å². The van der Waals surface area contributed by atoms with Gasteiger partial charge in [0.25, 0.3) is 0 Å². The van der Waals surface area contributed by atoms with E-state index in [0.717, 1.165) is 17.8 Å². The molecule has 1 fully saturated rings. The molecule has 2 N–H and O–H groups in total. The summed E-state index contributed by atoms with van der Waals surface area (Å²) >= 11 is 0. The first-order valence-electron chi connectivity index (χ1n) is 12.6. The molecule has 212 valence electrons. The van der Waals surface area contributed by atoms with E-state index in [1.54, 1.807) is 30.9 Å². The van der Waals surface area contributed by atoms with Gasteiger partial charge in [-0.3, -0.25) is 9.59 Å². The van der Waals surface area contributed by atoms with E-state index in [1.165, 1.54) is 24.1 Å². The highest BCUT2D eigenvalue weighted by Gasteiger charge is 2.31. The number of piperazine rings is 1. The van der Waals surface area contributed by atoms with Crippen molar-refractivity contribution in [1.29, 1.82) is 0 Å². The first-order valence-corrected chi connectivity index (χ1v) is 12.6. The Morgan fingerprint density at radius 3 is 2.23 bits per heavy atom. The second-order valence-corrected chi connectivity index (χ2v) is 9.49. The summed E-state index contributed by atoms with van der Waals surface area (Å²) in [6, 6.07) is 11.3. The quantitative estimate of drug-likeness (QED) is 0.491. The highest BCUT2D eigenvalue weighted by Crippen LogP contribution is 2.30. The number of amides is 4. The normalized spacial score (nSPS) is 13.8. The molecule has 39 heavy (non-hydrogen) atoms. The van der Waals surface area contributed by atoms with E-state index >= 15 is 0 Å². The zero-order valence-corrected chi connectivity index (χ0v) is 22.3. The number of urea groups is 1. The van der Waals surface area contributed by atoms with Gasteiger partial charge in [-0.2, -0.15) is 13.2 Å². The summed E-state index contributed by atoms with van der Waals surface area (Å²) in [4.78, 5) is 42.6. The van der Waals surface area contributed by atoms with Gasteiger partial charge in [0.15, 0.2) is 0 Å². The van der Waals surface area contributed by atoms with Gasteiger partial charge < -0.3 is 30.1 Å².